The number of aryl methyl sites for hydroxylation is 1. The molecule has 0 spiro atoms. The molecule has 104 valence electrons. The Morgan fingerprint density at radius 1 is 1.55 bits per heavy atom. The fourth-order valence-corrected chi connectivity index (χ4v) is 3.06. The van der Waals surface area contributed by atoms with E-state index in [1.54, 1.807) is 6.92 Å². The summed E-state index contributed by atoms with van der Waals surface area (Å²) in [6.45, 7) is 4.63. The van der Waals surface area contributed by atoms with Gasteiger partial charge in [0, 0.05) is 18.0 Å². The van der Waals surface area contributed by atoms with Gasteiger partial charge in [0.2, 0.25) is 5.89 Å². The molecule has 1 aliphatic heterocycles. The van der Waals surface area contributed by atoms with Crippen molar-refractivity contribution in [2.75, 3.05) is 19.8 Å². The van der Waals surface area contributed by atoms with Crippen LogP contribution in [-0.4, -0.2) is 34.8 Å². The lowest BCUT2D eigenvalue weighted by Gasteiger charge is -2.32. The highest BCUT2D eigenvalue weighted by Crippen LogP contribution is 2.26. The number of nitriles is 1. The van der Waals surface area contributed by atoms with E-state index in [4.69, 9.17) is 14.5 Å². The number of aromatic nitrogens is 2. The summed E-state index contributed by atoms with van der Waals surface area (Å²) in [6, 6.07) is 6.00. The molecule has 1 fully saturated rings. The van der Waals surface area contributed by atoms with Gasteiger partial charge in [-0.1, -0.05) is 5.16 Å². The summed E-state index contributed by atoms with van der Waals surface area (Å²) in [5, 5.41) is 12.7. The Labute approximate surface area is 120 Å². The molecule has 6 nitrogen and oxygen atoms in total. The summed E-state index contributed by atoms with van der Waals surface area (Å²) >= 11 is 1.52. The minimum atomic E-state index is -0.0161. The molecule has 3 heterocycles. The first-order valence-electron chi connectivity index (χ1n) is 6.37. The van der Waals surface area contributed by atoms with E-state index in [2.05, 4.69) is 21.1 Å². The molecule has 0 N–H and O–H groups in total. The molecule has 1 aliphatic rings. The molecule has 0 bridgehead atoms. The summed E-state index contributed by atoms with van der Waals surface area (Å²) in [5.41, 5.74) is 0. The van der Waals surface area contributed by atoms with Crippen molar-refractivity contribution in [1.29, 1.82) is 5.26 Å². The van der Waals surface area contributed by atoms with Gasteiger partial charge in [0.1, 0.15) is 17.0 Å². The Morgan fingerprint density at radius 3 is 3.15 bits per heavy atom. The molecular formula is C13H14N4O2S. The van der Waals surface area contributed by atoms with Crippen LogP contribution in [0.25, 0.3) is 0 Å². The Morgan fingerprint density at radius 2 is 2.45 bits per heavy atom. The van der Waals surface area contributed by atoms with E-state index in [1.807, 2.05) is 12.1 Å². The van der Waals surface area contributed by atoms with E-state index in [1.165, 1.54) is 11.3 Å². The molecule has 3 rings (SSSR count). The van der Waals surface area contributed by atoms with Crippen molar-refractivity contribution in [2.45, 2.75) is 19.5 Å². The van der Waals surface area contributed by atoms with E-state index in [9.17, 15) is 0 Å². The molecule has 2 aromatic heterocycles. The monoisotopic (exact) mass is 290 g/mol. The second kappa shape index (κ2) is 5.71. The summed E-state index contributed by atoms with van der Waals surface area (Å²) in [6.07, 6.45) is 0. The molecule has 1 atom stereocenters. The van der Waals surface area contributed by atoms with Gasteiger partial charge in [0.05, 0.1) is 13.2 Å². The van der Waals surface area contributed by atoms with Crippen LogP contribution in [0, 0.1) is 18.3 Å². The van der Waals surface area contributed by atoms with Crippen LogP contribution in [0.2, 0.25) is 0 Å². The van der Waals surface area contributed by atoms with Crippen LogP contribution < -0.4 is 0 Å². The highest BCUT2D eigenvalue weighted by atomic mass is 32.1. The highest BCUT2D eigenvalue weighted by molar-refractivity contribution is 7.12. The zero-order chi connectivity index (χ0) is 13.9. The first kappa shape index (κ1) is 13.2. The molecular weight excluding hydrogens is 276 g/mol. The van der Waals surface area contributed by atoms with Gasteiger partial charge >= 0.3 is 0 Å². The van der Waals surface area contributed by atoms with E-state index >= 15 is 0 Å². The van der Waals surface area contributed by atoms with E-state index in [0.717, 1.165) is 22.8 Å². The van der Waals surface area contributed by atoms with Crippen molar-refractivity contribution in [2.24, 2.45) is 0 Å². The third-order valence-electron chi connectivity index (χ3n) is 3.20. The largest absolute Gasteiger partial charge is 0.378 e. The van der Waals surface area contributed by atoms with Crippen LogP contribution in [0.1, 0.15) is 27.5 Å². The minimum absolute atomic E-state index is 0.0161. The van der Waals surface area contributed by atoms with Gasteiger partial charge < -0.3 is 9.26 Å². The smallest absolute Gasteiger partial charge is 0.246 e. The number of nitrogens with zero attached hydrogens (tertiary/aromatic N) is 4. The lowest BCUT2D eigenvalue weighted by molar-refractivity contribution is -0.0236. The maximum Gasteiger partial charge on any atom is 0.246 e. The maximum absolute atomic E-state index is 8.88. The molecule has 0 saturated carbocycles. The van der Waals surface area contributed by atoms with Crippen LogP contribution >= 0.6 is 11.3 Å². The fraction of sp³-hybridized carbons (Fsp3) is 0.462. The number of rotatable bonds is 3. The summed E-state index contributed by atoms with van der Waals surface area (Å²) in [5.74, 6) is 1.23. The third-order valence-corrected chi connectivity index (χ3v) is 4.17. The molecule has 0 unspecified atom stereocenters. The van der Waals surface area contributed by atoms with Crippen molar-refractivity contribution < 1.29 is 9.26 Å². The highest BCUT2D eigenvalue weighted by Gasteiger charge is 2.29. The predicted molar refractivity (Wildman–Crippen MR) is 72.0 cm³/mol. The molecule has 20 heavy (non-hydrogen) atoms. The Balaban J connectivity index is 1.77. The van der Waals surface area contributed by atoms with Gasteiger partial charge in [-0.25, -0.2) is 0 Å². The number of morpholine rings is 1. The normalized spacial score (nSPS) is 19.9. The molecule has 7 heteroatoms. The second-order valence-corrected chi connectivity index (χ2v) is 5.79. The number of thiophene rings is 1. The molecule has 0 aromatic carbocycles. The van der Waals surface area contributed by atoms with Crippen LogP contribution in [0.3, 0.4) is 0 Å². The van der Waals surface area contributed by atoms with Gasteiger partial charge in [-0.3, -0.25) is 4.90 Å². The fourth-order valence-electron chi connectivity index (χ4n) is 2.23. The lowest BCUT2D eigenvalue weighted by Crippen LogP contribution is -2.39. The van der Waals surface area contributed by atoms with E-state index in [-0.39, 0.29) is 6.04 Å². The van der Waals surface area contributed by atoms with Crippen molar-refractivity contribution in [1.82, 2.24) is 15.0 Å². The zero-order valence-corrected chi connectivity index (χ0v) is 11.9. The van der Waals surface area contributed by atoms with Gasteiger partial charge in [-0.15, -0.1) is 11.3 Å². The van der Waals surface area contributed by atoms with Crippen molar-refractivity contribution in [3.05, 3.63) is 33.6 Å². The van der Waals surface area contributed by atoms with Gasteiger partial charge in [0.25, 0.3) is 0 Å². The molecule has 1 saturated heterocycles. The third kappa shape index (κ3) is 2.72. The summed E-state index contributed by atoms with van der Waals surface area (Å²) in [4.78, 5) is 8.44. The number of ether oxygens (including phenoxy) is 1. The average molecular weight is 290 g/mol. The molecule has 0 radical (unpaired) electrons. The lowest BCUT2D eigenvalue weighted by atomic mass is 10.2. The van der Waals surface area contributed by atoms with Gasteiger partial charge in [0.15, 0.2) is 5.82 Å². The standard InChI is InChI=1S/C13H14N4O2S/c1-9-15-13(19-16-9)12-8-18-5-4-17(12)7-11-3-2-10(6-14)20-11/h2-3,12H,4-5,7-8H2,1H3/t12-/m0/s1. The molecule has 0 aliphatic carbocycles. The Kier molecular flexibility index (Phi) is 3.78. The van der Waals surface area contributed by atoms with Gasteiger partial charge in [-0.05, 0) is 19.1 Å². The van der Waals surface area contributed by atoms with Crippen LogP contribution in [0.5, 0.6) is 0 Å². The van der Waals surface area contributed by atoms with Crippen LogP contribution in [0.15, 0.2) is 16.7 Å². The molecule has 0 amide bonds. The van der Waals surface area contributed by atoms with Crippen molar-refractivity contribution in [3.63, 3.8) is 0 Å². The average Bonchev–Trinajstić information content (AvgIpc) is 3.08. The Bertz CT molecular complexity index is 630. The quantitative estimate of drug-likeness (QED) is 0.859. The number of hydrogen-bond donors (Lipinski definition) is 0. The second-order valence-electron chi connectivity index (χ2n) is 4.62. The first-order chi connectivity index (χ1) is 9.76. The zero-order valence-electron chi connectivity index (χ0n) is 11.1. The van der Waals surface area contributed by atoms with Crippen molar-refractivity contribution >= 4 is 11.3 Å². The van der Waals surface area contributed by atoms with Crippen LogP contribution in [-0.2, 0) is 11.3 Å². The molecule has 2 aromatic rings. The topological polar surface area (TPSA) is 75.2 Å². The summed E-state index contributed by atoms with van der Waals surface area (Å²) in [7, 11) is 0. The predicted octanol–water partition coefficient (Wildman–Crippen LogP) is 1.88. The Hall–Kier alpha value is -1.75. The maximum atomic E-state index is 8.88. The van der Waals surface area contributed by atoms with Crippen molar-refractivity contribution in [3.8, 4) is 6.07 Å². The van der Waals surface area contributed by atoms with Crippen LogP contribution in [0.4, 0.5) is 0 Å². The van der Waals surface area contributed by atoms with Gasteiger partial charge in [-0.2, -0.15) is 10.2 Å². The number of hydrogen-bond acceptors (Lipinski definition) is 7. The SMILES string of the molecule is Cc1noc([C@@H]2COCCN2Cc2ccc(C#N)s2)n1. The van der Waals surface area contributed by atoms with E-state index in [0.29, 0.717) is 24.9 Å². The summed E-state index contributed by atoms with van der Waals surface area (Å²) < 4.78 is 10.8. The minimum Gasteiger partial charge on any atom is -0.378 e. The van der Waals surface area contributed by atoms with E-state index < -0.39 is 0 Å². The first-order valence-corrected chi connectivity index (χ1v) is 7.19.